The average Bonchev–Trinajstić information content (AvgIpc) is 2.92. The first-order chi connectivity index (χ1) is 20.6. The third-order valence-corrected chi connectivity index (χ3v) is 7.15. The number of aryl methyl sites for hydroxylation is 3. The first-order valence-electron chi connectivity index (χ1n) is 14.6. The van der Waals surface area contributed by atoms with Crippen LogP contribution in [0.2, 0.25) is 0 Å². The monoisotopic (exact) mass is 609 g/mol. The lowest BCUT2D eigenvalue weighted by Gasteiger charge is -2.27. The van der Waals surface area contributed by atoms with Gasteiger partial charge >= 0.3 is 12.1 Å². The summed E-state index contributed by atoms with van der Waals surface area (Å²) < 4.78 is 60.4. The number of rotatable bonds is 10. The van der Waals surface area contributed by atoms with Crippen molar-refractivity contribution in [3.8, 4) is 17.2 Å². The van der Waals surface area contributed by atoms with E-state index in [1.807, 2.05) is 41.5 Å². The van der Waals surface area contributed by atoms with Gasteiger partial charge in [-0.25, -0.2) is 4.79 Å². The van der Waals surface area contributed by atoms with E-state index in [1.54, 1.807) is 43.3 Å². The summed E-state index contributed by atoms with van der Waals surface area (Å²) in [6.07, 6.45) is -5.05. The van der Waals surface area contributed by atoms with Crippen molar-refractivity contribution in [1.82, 2.24) is 4.90 Å². The Morgan fingerprint density at radius 3 is 2.09 bits per heavy atom. The summed E-state index contributed by atoms with van der Waals surface area (Å²) in [5.74, 6) is -2.64. The van der Waals surface area contributed by atoms with Gasteiger partial charge in [0.25, 0.3) is 5.76 Å². The molecular formula is C35H38F3NO5. The molecule has 3 aromatic carbocycles. The lowest BCUT2D eigenvalue weighted by molar-refractivity contribution is -0.154. The van der Waals surface area contributed by atoms with Crippen LogP contribution in [-0.4, -0.2) is 24.0 Å². The molecule has 234 valence electrons. The van der Waals surface area contributed by atoms with E-state index in [1.165, 1.54) is 18.2 Å². The van der Waals surface area contributed by atoms with E-state index in [4.69, 9.17) is 13.9 Å². The van der Waals surface area contributed by atoms with Crippen LogP contribution in [0.25, 0.3) is 11.0 Å². The van der Waals surface area contributed by atoms with E-state index in [2.05, 4.69) is 4.90 Å². The normalized spacial score (nSPS) is 12.0. The molecule has 0 spiro atoms. The van der Waals surface area contributed by atoms with Crippen LogP contribution < -0.4 is 14.9 Å². The molecule has 0 aliphatic rings. The molecule has 44 heavy (non-hydrogen) atoms. The molecule has 4 rings (SSSR count). The Kier molecular flexibility index (Phi) is 9.88. The van der Waals surface area contributed by atoms with Gasteiger partial charge in [0.05, 0.1) is 16.5 Å². The highest BCUT2D eigenvalue weighted by atomic mass is 19.4. The Bertz CT molecular complexity index is 1700. The van der Waals surface area contributed by atoms with Gasteiger partial charge < -0.3 is 13.9 Å². The van der Waals surface area contributed by atoms with Crippen molar-refractivity contribution in [1.29, 1.82) is 0 Å². The highest BCUT2D eigenvalue weighted by Gasteiger charge is 2.41. The van der Waals surface area contributed by atoms with E-state index in [0.29, 0.717) is 13.1 Å². The third kappa shape index (κ3) is 7.69. The molecule has 4 aromatic rings. The number of nitrogens with zero attached hydrogens (tertiary/aromatic N) is 1. The summed E-state index contributed by atoms with van der Waals surface area (Å²) in [6, 6.07) is 14.2. The van der Waals surface area contributed by atoms with E-state index in [-0.39, 0.29) is 52.0 Å². The number of esters is 1. The van der Waals surface area contributed by atoms with Gasteiger partial charge in [0.2, 0.25) is 11.2 Å². The minimum atomic E-state index is -5.05. The third-order valence-electron chi connectivity index (χ3n) is 7.15. The number of hydrogen-bond acceptors (Lipinski definition) is 6. The fourth-order valence-corrected chi connectivity index (χ4v) is 5.01. The Morgan fingerprint density at radius 2 is 1.52 bits per heavy atom. The maximum absolute atomic E-state index is 14.5. The zero-order valence-corrected chi connectivity index (χ0v) is 26.1. The second-order valence-corrected chi connectivity index (χ2v) is 12.1. The van der Waals surface area contributed by atoms with Gasteiger partial charge in [-0.3, -0.25) is 9.69 Å². The number of hydrogen-bond donors (Lipinski definition) is 0. The van der Waals surface area contributed by atoms with E-state index in [9.17, 15) is 22.8 Å². The summed E-state index contributed by atoms with van der Waals surface area (Å²) in [5, 5.41) is -0.115. The Labute approximate surface area is 255 Å². The van der Waals surface area contributed by atoms with Crippen LogP contribution in [0.1, 0.15) is 66.1 Å². The molecule has 0 atom stereocenters. The minimum absolute atomic E-state index is 0.0136. The smallest absolute Gasteiger partial charge is 0.449 e. The number of ether oxygens (including phenoxy) is 2. The second kappa shape index (κ2) is 13.3. The maximum atomic E-state index is 14.5. The maximum Gasteiger partial charge on any atom is 0.453 e. The SMILES string of the molecule is Cc1ccc(C(=O)Oc2ccc3c(=O)c(Oc4ccc(C)c(C)c4)c(C(F)(F)F)oc3c2CN(CC(C)C)CC(C)C)cc1. The number of halogens is 3. The zero-order valence-electron chi connectivity index (χ0n) is 26.1. The van der Waals surface area contributed by atoms with Gasteiger partial charge in [0.15, 0.2) is 0 Å². The molecule has 6 nitrogen and oxygen atoms in total. The molecule has 0 bridgehead atoms. The quantitative estimate of drug-likeness (QED) is 0.132. The number of benzene rings is 3. The second-order valence-electron chi connectivity index (χ2n) is 12.1. The standard InChI is InChI=1S/C35H38F3NO5/c1-20(2)17-39(18-21(3)4)19-28-29(43-34(41)25-11-8-22(5)9-12-25)15-14-27-30(40)32(33(35(36,37)38)44-31(27)28)42-26-13-10-23(6)24(7)16-26/h8-16,20-21H,17-19H2,1-7H3. The van der Waals surface area contributed by atoms with Crippen LogP contribution in [0, 0.1) is 32.6 Å². The number of fused-ring (bicyclic) bond motifs is 1. The molecule has 9 heteroatoms. The minimum Gasteiger partial charge on any atom is -0.449 e. The van der Waals surface area contributed by atoms with Crippen molar-refractivity contribution in [3.05, 3.63) is 98.4 Å². The molecule has 0 saturated carbocycles. The predicted octanol–water partition coefficient (Wildman–Crippen LogP) is 8.86. The van der Waals surface area contributed by atoms with Gasteiger partial charge in [-0.15, -0.1) is 0 Å². The highest BCUT2D eigenvalue weighted by Crippen LogP contribution is 2.40. The van der Waals surface area contributed by atoms with Crippen LogP contribution in [0.4, 0.5) is 13.2 Å². The van der Waals surface area contributed by atoms with E-state index >= 15 is 0 Å². The highest BCUT2D eigenvalue weighted by molar-refractivity contribution is 5.92. The van der Waals surface area contributed by atoms with Crippen molar-refractivity contribution >= 4 is 16.9 Å². The Hall–Kier alpha value is -4.11. The number of alkyl halides is 3. The fraction of sp³-hybridized carbons (Fsp3) is 0.371. The topological polar surface area (TPSA) is 69.0 Å². The van der Waals surface area contributed by atoms with Crippen molar-refractivity contribution in [2.75, 3.05) is 13.1 Å². The number of carbonyl (C=O) groups is 1. The molecule has 0 radical (unpaired) electrons. The van der Waals surface area contributed by atoms with Gasteiger partial charge in [0.1, 0.15) is 17.1 Å². The molecule has 0 aliphatic carbocycles. The average molecular weight is 610 g/mol. The van der Waals surface area contributed by atoms with Gasteiger partial charge in [-0.05, 0) is 80.1 Å². The molecule has 0 saturated heterocycles. The van der Waals surface area contributed by atoms with Crippen LogP contribution in [0.3, 0.4) is 0 Å². The first-order valence-corrected chi connectivity index (χ1v) is 14.6. The molecule has 0 fully saturated rings. The summed E-state index contributed by atoms with van der Waals surface area (Å²) in [6.45, 7) is 15.0. The summed E-state index contributed by atoms with van der Waals surface area (Å²) >= 11 is 0. The van der Waals surface area contributed by atoms with Crippen LogP contribution in [0.15, 0.2) is 63.8 Å². The van der Waals surface area contributed by atoms with Gasteiger partial charge in [-0.1, -0.05) is 51.5 Å². The largest absolute Gasteiger partial charge is 0.453 e. The Morgan fingerprint density at radius 1 is 0.886 bits per heavy atom. The number of carbonyl (C=O) groups excluding carboxylic acids is 1. The summed E-state index contributed by atoms with van der Waals surface area (Å²) in [5.41, 5.74) is 1.83. The van der Waals surface area contributed by atoms with Gasteiger partial charge in [0, 0.05) is 19.6 Å². The first kappa shape index (κ1) is 32.8. The van der Waals surface area contributed by atoms with Crippen molar-refractivity contribution in [2.45, 2.75) is 61.2 Å². The zero-order chi connectivity index (χ0) is 32.3. The summed E-state index contributed by atoms with van der Waals surface area (Å²) in [4.78, 5) is 28.9. The molecule has 0 amide bonds. The molecule has 0 unspecified atom stereocenters. The Balaban J connectivity index is 1.93. The van der Waals surface area contributed by atoms with Crippen LogP contribution in [0.5, 0.6) is 17.2 Å². The van der Waals surface area contributed by atoms with Crippen molar-refractivity contribution in [2.24, 2.45) is 11.8 Å². The predicted molar refractivity (Wildman–Crippen MR) is 165 cm³/mol. The lowest BCUT2D eigenvalue weighted by atomic mass is 10.1. The fourth-order valence-electron chi connectivity index (χ4n) is 5.01. The molecule has 0 aliphatic heterocycles. The van der Waals surface area contributed by atoms with Crippen LogP contribution >= 0.6 is 0 Å². The van der Waals surface area contributed by atoms with Gasteiger partial charge in [-0.2, -0.15) is 13.2 Å². The summed E-state index contributed by atoms with van der Waals surface area (Å²) in [7, 11) is 0. The molecular weight excluding hydrogens is 571 g/mol. The van der Waals surface area contributed by atoms with E-state index < -0.39 is 29.1 Å². The molecule has 0 N–H and O–H groups in total. The van der Waals surface area contributed by atoms with E-state index in [0.717, 1.165) is 16.7 Å². The van der Waals surface area contributed by atoms with Crippen LogP contribution in [-0.2, 0) is 12.7 Å². The molecule has 1 aromatic heterocycles. The van der Waals surface area contributed by atoms with Crippen molar-refractivity contribution in [3.63, 3.8) is 0 Å². The molecule has 1 heterocycles. The van der Waals surface area contributed by atoms with Crippen molar-refractivity contribution < 1.29 is 31.9 Å². The lowest BCUT2D eigenvalue weighted by Crippen LogP contribution is -2.31.